The van der Waals surface area contributed by atoms with Gasteiger partial charge in [0, 0.05) is 6.54 Å². The van der Waals surface area contributed by atoms with Crippen LogP contribution in [0.5, 0.6) is 0 Å². The van der Waals surface area contributed by atoms with E-state index in [-0.39, 0.29) is 0 Å². The van der Waals surface area contributed by atoms with Crippen molar-refractivity contribution in [1.82, 2.24) is 5.32 Å². The minimum Gasteiger partial charge on any atom is -0.378 e. The van der Waals surface area contributed by atoms with Gasteiger partial charge in [-0.2, -0.15) is 0 Å². The summed E-state index contributed by atoms with van der Waals surface area (Å²) < 4.78 is 5.49. The Kier molecular flexibility index (Phi) is 3.16. The van der Waals surface area contributed by atoms with Gasteiger partial charge in [-0.15, -0.1) is 0 Å². The van der Waals surface area contributed by atoms with Gasteiger partial charge in [-0.25, -0.2) is 0 Å². The molecular formula is C8H17NO. The standard InChI is InChI=1S/C8H17NO/c1-7(2)10-6-8-3-4-9-5-8/h7-9H,3-6H2,1-2H3/t8-/m1/s1. The Balaban J connectivity index is 2.01. The van der Waals surface area contributed by atoms with Crippen molar-refractivity contribution in [2.75, 3.05) is 19.7 Å². The van der Waals surface area contributed by atoms with Gasteiger partial charge in [-0.3, -0.25) is 0 Å². The van der Waals surface area contributed by atoms with Crippen molar-refractivity contribution >= 4 is 0 Å². The maximum Gasteiger partial charge on any atom is 0.0519 e. The average molecular weight is 143 g/mol. The lowest BCUT2D eigenvalue weighted by atomic mass is 10.1. The molecule has 0 saturated carbocycles. The molecule has 0 aromatic heterocycles. The van der Waals surface area contributed by atoms with Crippen LogP contribution in [0.2, 0.25) is 0 Å². The van der Waals surface area contributed by atoms with Gasteiger partial charge >= 0.3 is 0 Å². The van der Waals surface area contributed by atoms with Crippen LogP contribution in [0.4, 0.5) is 0 Å². The summed E-state index contributed by atoms with van der Waals surface area (Å²) in [6.07, 6.45) is 1.67. The van der Waals surface area contributed by atoms with Gasteiger partial charge in [0.05, 0.1) is 12.7 Å². The molecule has 0 unspecified atom stereocenters. The summed E-state index contributed by atoms with van der Waals surface area (Å²) in [6, 6.07) is 0. The van der Waals surface area contributed by atoms with E-state index in [2.05, 4.69) is 19.2 Å². The molecule has 0 radical (unpaired) electrons. The van der Waals surface area contributed by atoms with E-state index in [0.717, 1.165) is 19.1 Å². The van der Waals surface area contributed by atoms with Crippen LogP contribution < -0.4 is 5.32 Å². The number of hydrogen-bond acceptors (Lipinski definition) is 2. The quantitative estimate of drug-likeness (QED) is 0.637. The SMILES string of the molecule is CC(C)OC[C@@H]1CCNC1. The molecule has 2 nitrogen and oxygen atoms in total. The zero-order valence-corrected chi connectivity index (χ0v) is 6.89. The smallest absolute Gasteiger partial charge is 0.0519 e. The molecule has 0 aromatic rings. The van der Waals surface area contributed by atoms with E-state index in [9.17, 15) is 0 Å². The van der Waals surface area contributed by atoms with Gasteiger partial charge < -0.3 is 10.1 Å². The van der Waals surface area contributed by atoms with Crippen LogP contribution in [-0.2, 0) is 4.74 Å². The fraction of sp³-hybridized carbons (Fsp3) is 1.00. The molecule has 60 valence electrons. The molecule has 1 N–H and O–H groups in total. The van der Waals surface area contributed by atoms with Crippen molar-refractivity contribution in [3.05, 3.63) is 0 Å². The van der Waals surface area contributed by atoms with Crippen molar-refractivity contribution in [1.29, 1.82) is 0 Å². The molecule has 0 amide bonds. The predicted octanol–water partition coefficient (Wildman–Crippen LogP) is 1.02. The van der Waals surface area contributed by atoms with Gasteiger partial charge in [-0.05, 0) is 32.7 Å². The second-order valence-electron chi connectivity index (χ2n) is 3.24. The van der Waals surface area contributed by atoms with E-state index in [4.69, 9.17) is 4.74 Å². The van der Waals surface area contributed by atoms with E-state index >= 15 is 0 Å². The van der Waals surface area contributed by atoms with Crippen LogP contribution in [0.15, 0.2) is 0 Å². The Labute approximate surface area is 63.0 Å². The Morgan fingerprint density at radius 2 is 2.40 bits per heavy atom. The third kappa shape index (κ3) is 2.67. The lowest BCUT2D eigenvalue weighted by Gasteiger charge is -2.11. The minimum atomic E-state index is 0.389. The largest absolute Gasteiger partial charge is 0.378 e. The minimum absolute atomic E-state index is 0.389. The molecule has 0 spiro atoms. The maximum atomic E-state index is 5.49. The molecule has 1 rings (SSSR count). The highest BCUT2D eigenvalue weighted by Gasteiger charge is 2.14. The summed E-state index contributed by atoms with van der Waals surface area (Å²) >= 11 is 0. The van der Waals surface area contributed by atoms with Crippen LogP contribution in [0, 0.1) is 5.92 Å². The topological polar surface area (TPSA) is 21.3 Å². The van der Waals surface area contributed by atoms with Crippen LogP contribution in [0.1, 0.15) is 20.3 Å². The van der Waals surface area contributed by atoms with Crippen LogP contribution in [0.25, 0.3) is 0 Å². The van der Waals surface area contributed by atoms with E-state index in [1.807, 2.05) is 0 Å². The van der Waals surface area contributed by atoms with Gasteiger partial charge in [0.2, 0.25) is 0 Å². The molecule has 2 heteroatoms. The lowest BCUT2D eigenvalue weighted by Crippen LogP contribution is -2.16. The summed E-state index contributed by atoms with van der Waals surface area (Å²) in [5, 5.41) is 3.32. The Morgan fingerprint density at radius 1 is 1.60 bits per heavy atom. The predicted molar refractivity (Wildman–Crippen MR) is 42.1 cm³/mol. The molecule has 0 bridgehead atoms. The van der Waals surface area contributed by atoms with E-state index in [1.54, 1.807) is 0 Å². The summed E-state index contributed by atoms with van der Waals surface area (Å²) in [5.41, 5.74) is 0. The highest BCUT2D eigenvalue weighted by Crippen LogP contribution is 2.08. The van der Waals surface area contributed by atoms with Gasteiger partial charge in [-0.1, -0.05) is 0 Å². The van der Waals surface area contributed by atoms with Gasteiger partial charge in [0.1, 0.15) is 0 Å². The Bertz CT molecular complexity index is 87.3. The highest BCUT2D eigenvalue weighted by atomic mass is 16.5. The molecule has 1 atom stereocenters. The van der Waals surface area contributed by atoms with Crippen molar-refractivity contribution in [2.24, 2.45) is 5.92 Å². The molecule has 1 heterocycles. The van der Waals surface area contributed by atoms with Crippen molar-refractivity contribution in [2.45, 2.75) is 26.4 Å². The first-order valence-electron chi connectivity index (χ1n) is 4.11. The summed E-state index contributed by atoms with van der Waals surface area (Å²) in [7, 11) is 0. The Hall–Kier alpha value is -0.0800. The fourth-order valence-electron chi connectivity index (χ4n) is 1.19. The summed E-state index contributed by atoms with van der Waals surface area (Å²) in [4.78, 5) is 0. The van der Waals surface area contributed by atoms with Crippen LogP contribution in [0.3, 0.4) is 0 Å². The van der Waals surface area contributed by atoms with Gasteiger partial charge in [0.15, 0.2) is 0 Å². The third-order valence-corrected chi connectivity index (χ3v) is 1.83. The van der Waals surface area contributed by atoms with Crippen molar-refractivity contribution in [3.63, 3.8) is 0 Å². The summed E-state index contributed by atoms with van der Waals surface area (Å²) in [6.45, 7) is 7.42. The molecule has 1 fully saturated rings. The number of hydrogen-bond donors (Lipinski definition) is 1. The van der Waals surface area contributed by atoms with Crippen LogP contribution in [-0.4, -0.2) is 25.8 Å². The molecule has 10 heavy (non-hydrogen) atoms. The lowest BCUT2D eigenvalue weighted by molar-refractivity contribution is 0.0556. The first-order chi connectivity index (χ1) is 4.79. The second-order valence-corrected chi connectivity index (χ2v) is 3.24. The summed E-state index contributed by atoms with van der Waals surface area (Å²) in [5.74, 6) is 0.766. The third-order valence-electron chi connectivity index (χ3n) is 1.83. The second kappa shape index (κ2) is 3.94. The fourth-order valence-corrected chi connectivity index (χ4v) is 1.19. The zero-order valence-electron chi connectivity index (χ0n) is 6.89. The first kappa shape index (κ1) is 8.02. The monoisotopic (exact) mass is 143 g/mol. The highest BCUT2D eigenvalue weighted by molar-refractivity contribution is 4.70. The normalized spacial score (nSPS) is 26.1. The molecule has 1 aliphatic heterocycles. The molecule has 0 aliphatic carbocycles. The van der Waals surface area contributed by atoms with Crippen molar-refractivity contribution < 1.29 is 4.74 Å². The number of nitrogens with one attached hydrogen (secondary N) is 1. The average Bonchev–Trinajstić information content (AvgIpc) is 2.34. The first-order valence-corrected chi connectivity index (χ1v) is 4.11. The Morgan fingerprint density at radius 3 is 2.90 bits per heavy atom. The molecular weight excluding hydrogens is 126 g/mol. The maximum absolute atomic E-state index is 5.49. The molecule has 1 aliphatic rings. The molecule has 1 saturated heterocycles. The van der Waals surface area contributed by atoms with E-state index in [1.165, 1.54) is 13.0 Å². The van der Waals surface area contributed by atoms with Gasteiger partial charge in [0.25, 0.3) is 0 Å². The van der Waals surface area contributed by atoms with Crippen molar-refractivity contribution in [3.8, 4) is 0 Å². The molecule has 0 aromatic carbocycles. The van der Waals surface area contributed by atoms with E-state index in [0.29, 0.717) is 6.10 Å². The number of rotatable bonds is 3. The van der Waals surface area contributed by atoms with Crippen LogP contribution >= 0.6 is 0 Å². The van der Waals surface area contributed by atoms with E-state index < -0.39 is 0 Å². The number of ether oxygens (including phenoxy) is 1. The zero-order chi connectivity index (χ0) is 7.40.